The molecule has 0 atom stereocenters. The summed E-state index contributed by atoms with van der Waals surface area (Å²) in [6.07, 6.45) is 4.81. The van der Waals surface area contributed by atoms with Crippen molar-refractivity contribution in [3.05, 3.63) is 77.6 Å². The normalized spacial score (nSPS) is 11.5. The number of nitrogens with zero attached hydrogens (tertiary/aromatic N) is 3. The zero-order valence-electron chi connectivity index (χ0n) is 17.0. The van der Waals surface area contributed by atoms with Crippen LogP contribution in [0.3, 0.4) is 0 Å². The molecule has 0 saturated carbocycles. The van der Waals surface area contributed by atoms with Crippen molar-refractivity contribution >= 4 is 44.0 Å². The molecule has 4 aromatic rings. The first-order valence-electron chi connectivity index (χ1n) is 9.65. The second-order valence-electron chi connectivity index (χ2n) is 7.19. The molecule has 4 rings (SSSR count). The molecule has 0 aliphatic carbocycles. The topological polar surface area (TPSA) is 96.9 Å². The SMILES string of the molecule is CS(=O)(=O)Nc1cc(-c2ccc3ncnc(NCCc4ccc(F)cc4)c3c2)cnc1Cl. The third-order valence-corrected chi connectivity index (χ3v) is 5.61. The van der Waals surface area contributed by atoms with Gasteiger partial charge in [-0.1, -0.05) is 29.8 Å². The van der Waals surface area contributed by atoms with Crippen molar-refractivity contribution in [3.8, 4) is 11.1 Å². The molecule has 2 aromatic heterocycles. The van der Waals surface area contributed by atoms with E-state index in [0.29, 0.717) is 24.3 Å². The molecule has 0 amide bonds. The van der Waals surface area contributed by atoms with Crippen LogP contribution in [0.4, 0.5) is 15.9 Å². The highest BCUT2D eigenvalue weighted by atomic mass is 35.5. The number of hydrogen-bond acceptors (Lipinski definition) is 6. The van der Waals surface area contributed by atoms with Gasteiger partial charge in [-0.05, 0) is 47.9 Å². The van der Waals surface area contributed by atoms with Crippen LogP contribution < -0.4 is 10.0 Å². The maximum Gasteiger partial charge on any atom is 0.229 e. The van der Waals surface area contributed by atoms with Gasteiger partial charge in [-0.2, -0.15) is 0 Å². The van der Waals surface area contributed by atoms with Crippen LogP contribution >= 0.6 is 11.6 Å². The van der Waals surface area contributed by atoms with Crippen LogP contribution in [-0.4, -0.2) is 36.2 Å². The van der Waals surface area contributed by atoms with Crippen molar-refractivity contribution in [3.63, 3.8) is 0 Å². The lowest BCUT2D eigenvalue weighted by Crippen LogP contribution is -2.10. The summed E-state index contributed by atoms with van der Waals surface area (Å²) < 4.78 is 38.6. The lowest BCUT2D eigenvalue weighted by atomic mass is 10.0. The summed E-state index contributed by atoms with van der Waals surface area (Å²) >= 11 is 6.04. The Kier molecular flexibility index (Phi) is 6.20. The zero-order chi connectivity index (χ0) is 22.7. The summed E-state index contributed by atoms with van der Waals surface area (Å²) in [5.74, 6) is 0.401. The molecule has 0 bridgehead atoms. The molecule has 0 radical (unpaired) electrons. The molecule has 0 unspecified atom stereocenters. The van der Waals surface area contributed by atoms with Gasteiger partial charge in [0.25, 0.3) is 0 Å². The fourth-order valence-corrected chi connectivity index (χ4v) is 3.99. The summed E-state index contributed by atoms with van der Waals surface area (Å²) in [6, 6.07) is 13.6. The van der Waals surface area contributed by atoms with E-state index in [9.17, 15) is 12.8 Å². The number of rotatable bonds is 7. The second kappa shape index (κ2) is 9.05. The summed E-state index contributed by atoms with van der Waals surface area (Å²) in [5, 5.41) is 4.17. The number of sulfonamides is 1. The Bertz CT molecular complexity index is 1380. The first-order chi connectivity index (χ1) is 15.3. The van der Waals surface area contributed by atoms with Crippen LogP contribution in [0.15, 0.2) is 61.1 Å². The Balaban J connectivity index is 1.61. The lowest BCUT2D eigenvalue weighted by molar-refractivity contribution is 0.606. The van der Waals surface area contributed by atoms with Gasteiger partial charge in [-0.25, -0.2) is 27.8 Å². The minimum atomic E-state index is -3.50. The molecule has 0 aliphatic heterocycles. The predicted octanol–water partition coefficient (Wildman–Crippen LogP) is 4.51. The van der Waals surface area contributed by atoms with Crippen molar-refractivity contribution in [2.45, 2.75) is 6.42 Å². The van der Waals surface area contributed by atoms with Crippen molar-refractivity contribution < 1.29 is 12.8 Å². The summed E-state index contributed by atoms with van der Waals surface area (Å²) in [7, 11) is -3.50. The van der Waals surface area contributed by atoms with Crippen molar-refractivity contribution in [1.29, 1.82) is 0 Å². The predicted molar refractivity (Wildman–Crippen MR) is 125 cm³/mol. The van der Waals surface area contributed by atoms with E-state index in [-0.39, 0.29) is 16.7 Å². The number of fused-ring (bicyclic) bond motifs is 1. The third kappa shape index (κ3) is 5.30. The van der Waals surface area contributed by atoms with Gasteiger partial charge in [0.1, 0.15) is 18.0 Å². The molecule has 164 valence electrons. The Morgan fingerprint density at radius 3 is 2.53 bits per heavy atom. The summed E-state index contributed by atoms with van der Waals surface area (Å²) in [4.78, 5) is 12.8. The quantitative estimate of drug-likeness (QED) is 0.385. The van der Waals surface area contributed by atoms with Crippen LogP contribution in [0.2, 0.25) is 5.15 Å². The average molecular weight is 472 g/mol. The van der Waals surface area contributed by atoms with E-state index >= 15 is 0 Å². The highest BCUT2D eigenvalue weighted by molar-refractivity contribution is 7.92. The van der Waals surface area contributed by atoms with E-state index in [2.05, 4.69) is 25.0 Å². The van der Waals surface area contributed by atoms with E-state index in [1.165, 1.54) is 18.5 Å². The number of aromatic nitrogens is 3. The first-order valence-corrected chi connectivity index (χ1v) is 11.9. The first kappa shape index (κ1) is 21.9. The van der Waals surface area contributed by atoms with Gasteiger partial charge < -0.3 is 5.32 Å². The third-order valence-electron chi connectivity index (χ3n) is 4.72. The molecule has 7 nitrogen and oxygen atoms in total. The smallest absolute Gasteiger partial charge is 0.229 e. The molecule has 0 fully saturated rings. The highest BCUT2D eigenvalue weighted by Crippen LogP contribution is 2.30. The monoisotopic (exact) mass is 471 g/mol. The fourth-order valence-electron chi connectivity index (χ4n) is 3.23. The summed E-state index contributed by atoms with van der Waals surface area (Å²) in [6.45, 7) is 0.604. The molecule has 2 aromatic carbocycles. The van der Waals surface area contributed by atoms with Crippen molar-refractivity contribution in [2.75, 3.05) is 22.8 Å². The molecule has 2 heterocycles. The number of pyridine rings is 1. The molecule has 2 N–H and O–H groups in total. The molecule has 0 spiro atoms. The Morgan fingerprint density at radius 2 is 1.78 bits per heavy atom. The van der Waals surface area contributed by atoms with Crippen molar-refractivity contribution in [1.82, 2.24) is 15.0 Å². The van der Waals surface area contributed by atoms with Crippen LogP contribution in [0, 0.1) is 5.82 Å². The Hall–Kier alpha value is -3.30. The van der Waals surface area contributed by atoms with Gasteiger partial charge >= 0.3 is 0 Å². The molecular formula is C22H19ClFN5O2S. The molecule has 0 saturated heterocycles. The van der Waals surface area contributed by atoms with Crippen LogP contribution in [0.25, 0.3) is 22.0 Å². The van der Waals surface area contributed by atoms with Crippen LogP contribution in [0.5, 0.6) is 0 Å². The number of halogens is 2. The fraction of sp³-hybridized carbons (Fsp3) is 0.136. The van der Waals surface area contributed by atoms with Gasteiger partial charge in [0.15, 0.2) is 5.15 Å². The molecule has 10 heteroatoms. The largest absolute Gasteiger partial charge is 0.369 e. The number of benzene rings is 2. The van der Waals surface area contributed by atoms with E-state index in [4.69, 9.17) is 11.6 Å². The number of hydrogen-bond donors (Lipinski definition) is 2. The van der Waals surface area contributed by atoms with E-state index in [1.54, 1.807) is 24.4 Å². The Morgan fingerprint density at radius 1 is 1.00 bits per heavy atom. The standard InChI is InChI=1S/C22H19ClFN5O2S/c1-32(30,31)29-20-11-16(12-26-21(20)23)15-4-7-19-18(10-15)22(28-13-27-19)25-9-8-14-2-5-17(24)6-3-14/h2-7,10-13,29H,8-9H2,1H3,(H,25,27,28). The van der Waals surface area contributed by atoms with Gasteiger partial charge in [0.2, 0.25) is 10.0 Å². The van der Waals surface area contributed by atoms with Gasteiger partial charge in [0.05, 0.1) is 17.5 Å². The van der Waals surface area contributed by atoms with Gasteiger partial charge in [-0.3, -0.25) is 4.72 Å². The van der Waals surface area contributed by atoms with Crippen LogP contribution in [-0.2, 0) is 16.4 Å². The minimum Gasteiger partial charge on any atom is -0.369 e. The average Bonchev–Trinajstić information content (AvgIpc) is 2.75. The highest BCUT2D eigenvalue weighted by Gasteiger charge is 2.11. The molecule has 32 heavy (non-hydrogen) atoms. The molecular weight excluding hydrogens is 453 g/mol. The Labute approximate surface area is 189 Å². The second-order valence-corrected chi connectivity index (χ2v) is 9.30. The minimum absolute atomic E-state index is 0.0615. The van der Waals surface area contributed by atoms with Crippen LogP contribution in [0.1, 0.15) is 5.56 Å². The van der Waals surface area contributed by atoms with E-state index in [1.807, 2.05) is 18.2 Å². The maximum atomic E-state index is 13.1. The van der Waals surface area contributed by atoms with Crippen molar-refractivity contribution in [2.24, 2.45) is 0 Å². The number of anilines is 2. The van der Waals surface area contributed by atoms with E-state index < -0.39 is 10.0 Å². The zero-order valence-corrected chi connectivity index (χ0v) is 18.6. The lowest BCUT2D eigenvalue weighted by Gasteiger charge is -2.11. The summed E-state index contributed by atoms with van der Waals surface area (Å²) in [5.41, 5.74) is 3.45. The maximum absolute atomic E-state index is 13.1. The molecule has 0 aliphatic rings. The van der Waals surface area contributed by atoms with E-state index in [0.717, 1.165) is 28.3 Å². The van der Waals surface area contributed by atoms with Gasteiger partial charge in [0, 0.05) is 23.7 Å². The number of nitrogens with one attached hydrogen (secondary N) is 2. The van der Waals surface area contributed by atoms with Gasteiger partial charge in [-0.15, -0.1) is 0 Å².